The number of amides is 1. The zero-order valence-corrected chi connectivity index (χ0v) is 18.1. The predicted molar refractivity (Wildman–Crippen MR) is 114 cm³/mol. The van der Waals surface area contributed by atoms with Crippen LogP contribution < -0.4 is 5.32 Å². The lowest BCUT2D eigenvalue weighted by atomic mass is 10.1. The summed E-state index contributed by atoms with van der Waals surface area (Å²) in [6, 6.07) is 8.44. The topological polar surface area (TPSA) is 56.2 Å². The van der Waals surface area contributed by atoms with Gasteiger partial charge in [-0.05, 0) is 51.2 Å². The highest BCUT2D eigenvalue weighted by molar-refractivity contribution is 7.99. The summed E-state index contributed by atoms with van der Waals surface area (Å²) in [6.07, 6.45) is 3.50. The highest BCUT2D eigenvalue weighted by Crippen LogP contribution is 2.24. The molecule has 2 aromatic rings. The average Bonchev–Trinajstić information content (AvgIpc) is 3.30. The molecule has 0 radical (unpaired) electrons. The molecule has 6 heteroatoms. The van der Waals surface area contributed by atoms with E-state index in [1.165, 1.54) is 17.3 Å². The van der Waals surface area contributed by atoms with Crippen molar-refractivity contribution in [2.75, 3.05) is 12.4 Å². The molecule has 2 unspecified atom stereocenters. The van der Waals surface area contributed by atoms with Crippen molar-refractivity contribution in [3.63, 3.8) is 0 Å². The zero-order valence-electron chi connectivity index (χ0n) is 17.3. The lowest BCUT2D eigenvalue weighted by molar-refractivity contribution is -0.119. The van der Waals surface area contributed by atoms with Crippen molar-refractivity contribution in [2.45, 2.75) is 70.8 Å². The van der Waals surface area contributed by atoms with E-state index in [9.17, 15) is 4.79 Å². The van der Waals surface area contributed by atoms with E-state index < -0.39 is 0 Å². The average molecular weight is 402 g/mol. The second-order valence-corrected chi connectivity index (χ2v) is 8.43. The van der Waals surface area contributed by atoms with Crippen molar-refractivity contribution in [2.24, 2.45) is 0 Å². The quantitative estimate of drug-likeness (QED) is 0.673. The van der Waals surface area contributed by atoms with Gasteiger partial charge in [-0.3, -0.25) is 4.79 Å². The lowest BCUT2D eigenvalue weighted by Crippen LogP contribution is -2.28. The van der Waals surface area contributed by atoms with Crippen molar-refractivity contribution >= 4 is 17.7 Å². The minimum atomic E-state index is -0.00545. The summed E-state index contributed by atoms with van der Waals surface area (Å²) < 4.78 is 7.99. The summed E-state index contributed by atoms with van der Waals surface area (Å²) in [5, 5.41) is 4.00. The number of imidazole rings is 1. The Balaban J connectivity index is 1.57. The third kappa shape index (κ3) is 5.17. The van der Waals surface area contributed by atoms with E-state index in [-0.39, 0.29) is 18.1 Å². The van der Waals surface area contributed by atoms with Gasteiger partial charge in [-0.2, -0.15) is 0 Å². The van der Waals surface area contributed by atoms with E-state index in [4.69, 9.17) is 4.74 Å². The molecule has 2 heterocycles. The molecule has 1 amide bonds. The van der Waals surface area contributed by atoms with Crippen molar-refractivity contribution in [3.05, 3.63) is 46.8 Å². The first kappa shape index (κ1) is 20.9. The van der Waals surface area contributed by atoms with Gasteiger partial charge in [0.2, 0.25) is 5.91 Å². The van der Waals surface area contributed by atoms with Crippen LogP contribution in [0.15, 0.2) is 29.4 Å². The van der Waals surface area contributed by atoms with Crippen LogP contribution in [0.4, 0.5) is 0 Å². The van der Waals surface area contributed by atoms with Gasteiger partial charge in [-0.1, -0.05) is 43.0 Å². The van der Waals surface area contributed by atoms with Crippen LogP contribution in [0.25, 0.3) is 0 Å². The van der Waals surface area contributed by atoms with Crippen LogP contribution in [0.1, 0.15) is 55.2 Å². The minimum absolute atomic E-state index is 0.00545. The summed E-state index contributed by atoms with van der Waals surface area (Å²) in [6.45, 7) is 9.94. The molecule has 0 aliphatic carbocycles. The molecule has 0 spiro atoms. The van der Waals surface area contributed by atoms with E-state index in [1.54, 1.807) is 0 Å². The normalized spacial score (nSPS) is 17.6. The van der Waals surface area contributed by atoms with Gasteiger partial charge in [0, 0.05) is 12.3 Å². The van der Waals surface area contributed by atoms with E-state index in [0.29, 0.717) is 5.75 Å². The van der Waals surface area contributed by atoms with Crippen molar-refractivity contribution < 1.29 is 9.53 Å². The number of aromatic nitrogens is 2. The molecular formula is C22H31N3O2S. The summed E-state index contributed by atoms with van der Waals surface area (Å²) in [5.74, 6) is 0.387. The molecule has 1 aliphatic heterocycles. The smallest absolute Gasteiger partial charge is 0.230 e. The third-order valence-electron chi connectivity index (χ3n) is 5.43. The number of thioether (sulfide) groups is 1. The number of carbonyl (C=O) groups excluding carboxylic acids is 1. The van der Waals surface area contributed by atoms with Crippen LogP contribution in [0, 0.1) is 13.8 Å². The second-order valence-electron chi connectivity index (χ2n) is 7.48. The largest absolute Gasteiger partial charge is 0.376 e. The molecule has 0 saturated carbocycles. The lowest BCUT2D eigenvalue weighted by Gasteiger charge is -2.16. The maximum Gasteiger partial charge on any atom is 0.230 e. The van der Waals surface area contributed by atoms with Crippen LogP contribution in [0.3, 0.4) is 0 Å². The fraction of sp³-hybridized carbons (Fsp3) is 0.545. The Morgan fingerprint density at radius 2 is 2.11 bits per heavy atom. The first-order chi connectivity index (χ1) is 13.5. The Labute approximate surface area is 172 Å². The number of carbonyl (C=O) groups is 1. The number of rotatable bonds is 8. The second kappa shape index (κ2) is 9.61. The van der Waals surface area contributed by atoms with Crippen LogP contribution in [-0.2, 0) is 22.5 Å². The molecule has 3 rings (SSSR count). The van der Waals surface area contributed by atoms with Crippen molar-refractivity contribution in [3.8, 4) is 0 Å². The van der Waals surface area contributed by atoms with E-state index in [2.05, 4.69) is 53.0 Å². The van der Waals surface area contributed by atoms with Gasteiger partial charge >= 0.3 is 0 Å². The molecule has 28 heavy (non-hydrogen) atoms. The number of hydrogen-bond acceptors (Lipinski definition) is 4. The third-order valence-corrected chi connectivity index (χ3v) is 6.41. The standard InChI is InChI=1S/C22H31N3O2S/c1-5-18-8-10-19(11-9-18)16(3)23-21(26)14-28-22-24-15(2)17(4)25(22)13-20-7-6-12-27-20/h8-11,16,20H,5-7,12-14H2,1-4H3,(H,23,26). The number of benzene rings is 1. The molecule has 5 nitrogen and oxygen atoms in total. The number of nitrogens with one attached hydrogen (secondary N) is 1. The number of aryl methyl sites for hydroxylation is 2. The minimum Gasteiger partial charge on any atom is -0.376 e. The van der Waals surface area contributed by atoms with E-state index in [0.717, 1.165) is 54.5 Å². The maximum absolute atomic E-state index is 12.5. The molecule has 152 valence electrons. The molecule has 0 bridgehead atoms. The zero-order chi connectivity index (χ0) is 20.1. The van der Waals surface area contributed by atoms with Gasteiger partial charge < -0.3 is 14.6 Å². The van der Waals surface area contributed by atoms with Gasteiger partial charge in [0.05, 0.1) is 30.1 Å². The van der Waals surface area contributed by atoms with E-state index >= 15 is 0 Å². The highest BCUT2D eigenvalue weighted by atomic mass is 32.2. The van der Waals surface area contributed by atoms with Gasteiger partial charge in [-0.25, -0.2) is 4.98 Å². The number of ether oxygens (including phenoxy) is 1. The molecule has 2 atom stereocenters. The van der Waals surface area contributed by atoms with Gasteiger partial charge in [0.1, 0.15) is 0 Å². The fourth-order valence-corrected chi connectivity index (χ4v) is 4.39. The van der Waals surface area contributed by atoms with Crippen LogP contribution >= 0.6 is 11.8 Å². The van der Waals surface area contributed by atoms with E-state index in [1.807, 2.05) is 13.8 Å². The first-order valence-corrected chi connectivity index (χ1v) is 11.1. The molecule has 1 aliphatic rings. The SMILES string of the molecule is CCc1ccc(C(C)NC(=O)CSc2nc(C)c(C)n2CC2CCCO2)cc1. The van der Waals surface area contributed by atoms with Gasteiger partial charge in [-0.15, -0.1) is 0 Å². The summed E-state index contributed by atoms with van der Waals surface area (Å²) >= 11 is 1.50. The van der Waals surface area contributed by atoms with Gasteiger partial charge in [0.15, 0.2) is 5.16 Å². The van der Waals surface area contributed by atoms with Crippen LogP contribution in [0.5, 0.6) is 0 Å². The predicted octanol–water partition coefficient (Wildman–Crippen LogP) is 4.21. The summed E-state index contributed by atoms with van der Waals surface area (Å²) in [7, 11) is 0. The Morgan fingerprint density at radius 1 is 1.36 bits per heavy atom. The maximum atomic E-state index is 12.5. The monoisotopic (exact) mass is 401 g/mol. The molecule has 1 N–H and O–H groups in total. The molecule has 1 aromatic heterocycles. The summed E-state index contributed by atoms with van der Waals surface area (Å²) in [4.78, 5) is 17.1. The van der Waals surface area contributed by atoms with Crippen LogP contribution in [0.2, 0.25) is 0 Å². The fourth-order valence-electron chi connectivity index (χ4n) is 3.48. The Hall–Kier alpha value is -1.79. The van der Waals surface area contributed by atoms with Crippen molar-refractivity contribution in [1.82, 2.24) is 14.9 Å². The number of hydrogen-bond donors (Lipinski definition) is 1. The Kier molecular flexibility index (Phi) is 7.18. The molecule has 1 aromatic carbocycles. The molecule has 1 fully saturated rings. The first-order valence-electron chi connectivity index (χ1n) is 10.1. The Morgan fingerprint density at radius 3 is 2.75 bits per heavy atom. The number of nitrogens with zero attached hydrogens (tertiary/aromatic N) is 2. The molecule has 1 saturated heterocycles. The highest BCUT2D eigenvalue weighted by Gasteiger charge is 2.21. The molecular weight excluding hydrogens is 370 g/mol. The van der Waals surface area contributed by atoms with Gasteiger partial charge in [0.25, 0.3) is 0 Å². The Bertz CT molecular complexity index is 795. The summed E-state index contributed by atoms with van der Waals surface area (Å²) in [5.41, 5.74) is 4.61. The van der Waals surface area contributed by atoms with Crippen LogP contribution in [-0.4, -0.2) is 33.9 Å². The van der Waals surface area contributed by atoms with Crippen molar-refractivity contribution in [1.29, 1.82) is 0 Å².